The first-order valence-electron chi connectivity index (χ1n) is 5.37. The molecule has 1 saturated carbocycles. The Morgan fingerprint density at radius 3 is 2.54 bits per heavy atom. The lowest BCUT2D eigenvalue weighted by atomic mass is 10.1. The topological polar surface area (TPSA) is 27.0 Å². The highest BCUT2D eigenvalue weighted by molar-refractivity contribution is 4.90. The fourth-order valence-electron chi connectivity index (χ4n) is 2.23. The molecule has 2 nitrogen and oxygen atoms in total. The molecule has 0 saturated heterocycles. The largest absolute Gasteiger partial charge is 0.291 e. The minimum atomic E-state index is 0.126. The Bertz CT molecular complexity index is 177. The number of nitriles is 1. The van der Waals surface area contributed by atoms with Gasteiger partial charge in [-0.05, 0) is 32.2 Å². The normalized spacial score (nSPS) is 20.5. The van der Waals surface area contributed by atoms with Gasteiger partial charge >= 0.3 is 0 Å². The maximum atomic E-state index is 8.88. The van der Waals surface area contributed by atoms with E-state index in [1.807, 2.05) is 0 Å². The summed E-state index contributed by atoms with van der Waals surface area (Å²) in [5, 5.41) is 8.88. The molecule has 0 amide bonds. The lowest BCUT2D eigenvalue weighted by Crippen LogP contribution is -2.33. The molecule has 1 fully saturated rings. The zero-order valence-electron chi connectivity index (χ0n) is 8.79. The summed E-state index contributed by atoms with van der Waals surface area (Å²) in [6.07, 6.45) is 6.46. The highest BCUT2D eigenvalue weighted by Crippen LogP contribution is 2.25. The molecule has 0 N–H and O–H groups in total. The van der Waals surface area contributed by atoms with Gasteiger partial charge in [-0.15, -0.1) is 0 Å². The fraction of sp³-hybridized carbons (Fsp3) is 0.909. The van der Waals surface area contributed by atoms with Crippen molar-refractivity contribution in [3.63, 3.8) is 0 Å². The maximum absolute atomic E-state index is 8.88. The van der Waals surface area contributed by atoms with Crippen molar-refractivity contribution < 1.29 is 0 Å². The zero-order chi connectivity index (χ0) is 9.68. The molecule has 1 rings (SSSR count). The molecule has 1 atom stereocenters. The molecule has 0 aromatic rings. The summed E-state index contributed by atoms with van der Waals surface area (Å²) < 4.78 is 0. The van der Waals surface area contributed by atoms with E-state index in [0.717, 1.165) is 18.9 Å². The first kappa shape index (κ1) is 10.5. The van der Waals surface area contributed by atoms with Crippen molar-refractivity contribution in [3.8, 4) is 6.07 Å². The molecule has 0 heterocycles. The van der Waals surface area contributed by atoms with Gasteiger partial charge in [-0.1, -0.05) is 19.8 Å². The van der Waals surface area contributed by atoms with E-state index >= 15 is 0 Å². The zero-order valence-corrected chi connectivity index (χ0v) is 8.79. The highest BCUT2D eigenvalue weighted by atomic mass is 15.1. The van der Waals surface area contributed by atoms with E-state index in [-0.39, 0.29) is 6.04 Å². The Morgan fingerprint density at radius 2 is 2.08 bits per heavy atom. The average Bonchev–Trinajstić information content (AvgIpc) is 2.59. The predicted octanol–water partition coefficient (Wildman–Crippen LogP) is 2.41. The summed E-state index contributed by atoms with van der Waals surface area (Å²) in [7, 11) is 2.08. The summed E-state index contributed by atoms with van der Waals surface area (Å²) in [5.74, 6) is 0.854. The summed E-state index contributed by atoms with van der Waals surface area (Å²) >= 11 is 0. The molecule has 0 bridgehead atoms. The summed E-state index contributed by atoms with van der Waals surface area (Å²) in [6.45, 7) is 3.20. The van der Waals surface area contributed by atoms with Crippen LogP contribution in [0.5, 0.6) is 0 Å². The molecule has 13 heavy (non-hydrogen) atoms. The predicted molar refractivity (Wildman–Crippen MR) is 54.3 cm³/mol. The minimum absolute atomic E-state index is 0.126. The van der Waals surface area contributed by atoms with Crippen molar-refractivity contribution in [2.24, 2.45) is 5.92 Å². The molecule has 0 radical (unpaired) electrons. The van der Waals surface area contributed by atoms with Crippen LogP contribution in [-0.2, 0) is 0 Å². The van der Waals surface area contributed by atoms with Crippen LogP contribution in [0.4, 0.5) is 0 Å². The van der Waals surface area contributed by atoms with Gasteiger partial charge in [-0.25, -0.2) is 0 Å². The Balaban J connectivity index is 2.30. The van der Waals surface area contributed by atoms with Crippen LogP contribution < -0.4 is 0 Å². The number of hydrogen-bond acceptors (Lipinski definition) is 2. The van der Waals surface area contributed by atoms with Crippen molar-refractivity contribution in [3.05, 3.63) is 0 Å². The van der Waals surface area contributed by atoms with Gasteiger partial charge in [-0.3, -0.25) is 4.90 Å². The van der Waals surface area contributed by atoms with Gasteiger partial charge in [0.25, 0.3) is 0 Å². The van der Waals surface area contributed by atoms with Gasteiger partial charge in [0.05, 0.1) is 12.1 Å². The monoisotopic (exact) mass is 180 g/mol. The second-order valence-electron chi connectivity index (χ2n) is 4.14. The fourth-order valence-corrected chi connectivity index (χ4v) is 2.23. The SMILES string of the molecule is CCC(C#N)N(C)CC1CCCC1. The van der Waals surface area contributed by atoms with E-state index in [9.17, 15) is 0 Å². The lowest BCUT2D eigenvalue weighted by Gasteiger charge is -2.24. The molecule has 1 unspecified atom stereocenters. The van der Waals surface area contributed by atoms with E-state index in [1.54, 1.807) is 0 Å². The van der Waals surface area contributed by atoms with Crippen molar-refractivity contribution in [1.82, 2.24) is 4.90 Å². The Hall–Kier alpha value is -0.550. The lowest BCUT2D eigenvalue weighted by molar-refractivity contribution is 0.238. The molecular weight excluding hydrogens is 160 g/mol. The number of hydrogen-bond donors (Lipinski definition) is 0. The first-order chi connectivity index (χ1) is 6.27. The van der Waals surface area contributed by atoms with Crippen molar-refractivity contribution in [2.45, 2.75) is 45.1 Å². The summed E-state index contributed by atoms with van der Waals surface area (Å²) in [6, 6.07) is 2.48. The Labute approximate surface area is 81.5 Å². The van der Waals surface area contributed by atoms with Crippen LogP contribution >= 0.6 is 0 Å². The number of nitrogens with zero attached hydrogens (tertiary/aromatic N) is 2. The van der Waals surface area contributed by atoms with Gasteiger partial charge in [0, 0.05) is 6.54 Å². The molecule has 74 valence electrons. The van der Waals surface area contributed by atoms with E-state index < -0.39 is 0 Å². The van der Waals surface area contributed by atoms with Gasteiger partial charge in [0.2, 0.25) is 0 Å². The molecule has 1 aliphatic rings. The van der Waals surface area contributed by atoms with E-state index in [0.29, 0.717) is 0 Å². The van der Waals surface area contributed by atoms with Gasteiger partial charge < -0.3 is 0 Å². The van der Waals surface area contributed by atoms with Crippen LogP contribution in [-0.4, -0.2) is 24.5 Å². The Kier molecular flexibility index (Phi) is 4.24. The van der Waals surface area contributed by atoms with Gasteiger partial charge in [0.15, 0.2) is 0 Å². The third-order valence-corrected chi connectivity index (χ3v) is 3.09. The molecule has 0 aliphatic heterocycles. The molecule has 0 aromatic carbocycles. The first-order valence-corrected chi connectivity index (χ1v) is 5.37. The second-order valence-corrected chi connectivity index (χ2v) is 4.14. The molecule has 2 heteroatoms. The number of rotatable bonds is 4. The standard InChI is InChI=1S/C11H20N2/c1-3-11(8-12)13(2)9-10-6-4-5-7-10/h10-11H,3-7,9H2,1-2H3. The van der Waals surface area contributed by atoms with Crippen molar-refractivity contribution in [1.29, 1.82) is 5.26 Å². The average molecular weight is 180 g/mol. The quantitative estimate of drug-likeness (QED) is 0.664. The van der Waals surface area contributed by atoms with Crippen LogP contribution in [0.3, 0.4) is 0 Å². The van der Waals surface area contributed by atoms with Crippen LogP contribution in [0.2, 0.25) is 0 Å². The third-order valence-electron chi connectivity index (χ3n) is 3.09. The summed E-state index contributed by atoms with van der Waals surface area (Å²) in [4.78, 5) is 2.22. The van der Waals surface area contributed by atoms with E-state index in [1.165, 1.54) is 25.7 Å². The van der Waals surface area contributed by atoms with Gasteiger partial charge in [-0.2, -0.15) is 5.26 Å². The van der Waals surface area contributed by atoms with Crippen molar-refractivity contribution in [2.75, 3.05) is 13.6 Å². The van der Waals surface area contributed by atoms with Crippen LogP contribution in [0, 0.1) is 17.2 Å². The third kappa shape index (κ3) is 3.00. The van der Waals surface area contributed by atoms with Crippen molar-refractivity contribution >= 4 is 0 Å². The molecular formula is C11H20N2. The minimum Gasteiger partial charge on any atom is -0.291 e. The van der Waals surface area contributed by atoms with Crippen LogP contribution in [0.1, 0.15) is 39.0 Å². The smallest absolute Gasteiger partial charge is 0.0972 e. The maximum Gasteiger partial charge on any atom is 0.0972 e. The summed E-state index contributed by atoms with van der Waals surface area (Å²) in [5.41, 5.74) is 0. The molecule has 1 aliphatic carbocycles. The van der Waals surface area contributed by atoms with Crippen LogP contribution in [0.15, 0.2) is 0 Å². The highest BCUT2D eigenvalue weighted by Gasteiger charge is 2.19. The van der Waals surface area contributed by atoms with Crippen LogP contribution in [0.25, 0.3) is 0 Å². The second kappa shape index (κ2) is 5.24. The van der Waals surface area contributed by atoms with E-state index in [2.05, 4.69) is 24.9 Å². The molecule has 0 spiro atoms. The van der Waals surface area contributed by atoms with Gasteiger partial charge in [0.1, 0.15) is 0 Å². The van der Waals surface area contributed by atoms with E-state index in [4.69, 9.17) is 5.26 Å². The Morgan fingerprint density at radius 1 is 1.46 bits per heavy atom. The molecule has 0 aromatic heterocycles.